The number of carbonyl (C=O) groups excluding carboxylic acids is 2. The summed E-state index contributed by atoms with van der Waals surface area (Å²) in [6.45, 7) is 0.493. The molecule has 0 saturated heterocycles. The summed E-state index contributed by atoms with van der Waals surface area (Å²) in [5.74, 6) is -0.224. The van der Waals surface area contributed by atoms with E-state index >= 15 is 0 Å². The molecule has 5 rings (SSSR count). The van der Waals surface area contributed by atoms with Crippen LogP contribution in [0.4, 0.5) is 0 Å². The summed E-state index contributed by atoms with van der Waals surface area (Å²) in [7, 11) is 0. The van der Waals surface area contributed by atoms with Gasteiger partial charge in [-0.1, -0.05) is 67.8 Å². The minimum Gasteiger partial charge on any atom is -0.351 e. The molecule has 1 aliphatic carbocycles. The third-order valence-corrected chi connectivity index (χ3v) is 7.55. The zero-order valence-corrected chi connectivity index (χ0v) is 20.5. The molecule has 7 heteroatoms. The first kappa shape index (κ1) is 23.3. The van der Waals surface area contributed by atoms with Gasteiger partial charge in [0.25, 0.3) is 0 Å². The van der Waals surface area contributed by atoms with E-state index in [1.54, 1.807) is 22.6 Å². The van der Waals surface area contributed by atoms with Crippen LogP contribution in [0.1, 0.15) is 48.6 Å². The second-order valence-corrected chi connectivity index (χ2v) is 10.2. The molecule has 2 amide bonds. The molecule has 0 unspecified atom stereocenters. The minimum atomic E-state index is -0.706. The molecule has 0 bridgehead atoms. The number of amides is 2. The van der Waals surface area contributed by atoms with Crippen LogP contribution in [-0.2, 0) is 22.7 Å². The molecule has 1 fully saturated rings. The lowest BCUT2D eigenvalue weighted by Crippen LogP contribution is -2.47. The lowest BCUT2D eigenvalue weighted by molar-refractivity contribution is -0.142. The first-order chi connectivity index (χ1) is 17.2. The normalized spacial score (nSPS) is 15.1. The van der Waals surface area contributed by atoms with E-state index in [2.05, 4.69) is 10.3 Å². The molecule has 2 aromatic carbocycles. The van der Waals surface area contributed by atoms with Gasteiger partial charge in [0.1, 0.15) is 12.6 Å². The van der Waals surface area contributed by atoms with Gasteiger partial charge in [-0.15, -0.1) is 11.3 Å². The first-order valence-corrected chi connectivity index (χ1v) is 13.1. The maximum absolute atomic E-state index is 13.9. The van der Waals surface area contributed by atoms with Crippen LogP contribution in [-0.4, -0.2) is 32.3 Å². The predicted octanol–water partition coefficient (Wildman–Crippen LogP) is 5.32. The van der Waals surface area contributed by atoms with Gasteiger partial charge in [0.2, 0.25) is 11.8 Å². The third-order valence-electron chi connectivity index (χ3n) is 6.69. The number of hydrogen-bond acceptors (Lipinski definition) is 4. The standard InChI is InChI=1S/C28H30N4O2S/c33-26(19-31-20-29-24-15-7-8-16-25(24)31)32(18-23-14-9-17-35-23)27(21-10-3-1-4-11-21)28(34)30-22-12-5-2-6-13-22/h1,3-4,7-11,14-17,20,22,27H,2,5-6,12-13,18-19H2,(H,30,34)/t27-/m1/s1. The van der Waals surface area contributed by atoms with Gasteiger partial charge in [-0.2, -0.15) is 0 Å². The van der Waals surface area contributed by atoms with Crippen molar-refractivity contribution in [3.63, 3.8) is 0 Å². The average Bonchev–Trinajstić information content (AvgIpc) is 3.55. The number of fused-ring (bicyclic) bond motifs is 1. The summed E-state index contributed by atoms with van der Waals surface area (Å²) < 4.78 is 1.86. The molecule has 0 radical (unpaired) electrons. The number of rotatable bonds is 8. The highest BCUT2D eigenvalue weighted by atomic mass is 32.1. The van der Waals surface area contributed by atoms with Gasteiger partial charge in [0.15, 0.2) is 0 Å². The van der Waals surface area contributed by atoms with E-state index in [1.165, 1.54) is 6.42 Å². The van der Waals surface area contributed by atoms with Gasteiger partial charge in [-0.25, -0.2) is 4.98 Å². The number of para-hydroxylation sites is 2. The SMILES string of the molecule is O=C(NC1CCCCC1)[C@@H](c1ccccc1)N(Cc1cccs1)C(=O)Cn1cnc2ccccc21. The van der Waals surface area contributed by atoms with Crippen LogP contribution in [0.25, 0.3) is 11.0 Å². The van der Waals surface area contributed by atoms with E-state index in [0.29, 0.717) is 6.54 Å². The zero-order chi connectivity index (χ0) is 24.0. The fourth-order valence-corrected chi connectivity index (χ4v) is 5.60. The van der Waals surface area contributed by atoms with Crippen LogP contribution in [0, 0.1) is 0 Å². The van der Waals surface area contributed by atoms with Crippen LogP contribution >= 0.6 is 11.3 Å². The number of nitrogens with zero attached hydrogens (tertiary/aromatic N) is 3. The summed E-state index contributed by atoms with van der Waals surface area (Å²) in [6, 6.07) is 20.9. The Morgan fingerprint density at radius 2 is 1.77 bits per heavy atom. The number of imidazole rings is 1. The highest BCUT2D eigenvalue weighted by Crippen LogP contribution is 2.27. The number of aromatic nitrogens is 2. The van der Waals surface area contributed by atoms with E-state index in [4.69, 9.17) is 0 Å². The van der Waals surface area contributed by atoms with Gasteiger partial charge in [-0.3, -0.25) is 9.59 Å². The Kier molecular flexibility index (Phi) is 7.23. The molecule has 0 spiro atoms. The lowest BCUT2D eigenvalue weighted by Gasteiger charge is -2.33. The van der Waals surface area contributed by atoms with E-state index in [9.17, 15) is 9.59 Å². The van der Waals surface area contributed by atoms with Crippen molar-refractivity contribution < 1.29 is 9.59 Å². The van der Waals surface area contributed by atoms with Crippen molar-refractivity contribution in [2.75, 3.05) is 0 Å². The Bertz CT molecular complexity index is 1260. The number of hydrogen-bond donors (Lipinski definition) is 1. The first-order valence-electron chi connectivity index (χ1n) is 12.3. The van der Waals surface area contributed by atoms with Crippen LogP contribution in [0.15, 0.2) is 78.4 Å². The van der Waals surface area contributed by atoms with Gasteiger partial charge in [-0.05, 0) is 42.0 Å². The van der Waals surface area contributed by atoms with Gasteiger partial charge in [0.05, 0.1) is 23.9 Å². The van der Waals surface area contributed by atoms with Crippen molar-refractivity contribution in [1.82, 2.24) is 19.8 Å². The number of benzene rings is 2. The van der Waals surface area contributed by atoms with Crippen molar-refractivity contribution in [1.29, 1.82) is 0 Å². The molecule has 1 N–H and O–H groups in total. The fourth-order valence-electron chi connectivity index (χ4n) is 4.90. The van der Waals surface area contributed by atoms with Crippen molar-refractivity contribution in [2.45, 2.75) is 57.3 Å². The summed E-state index contributed by atoms with van der Waals surface area (Å²) in [5.41, 5.74) is 2.57. The molecule has 1 aliphatic rings. The van der Waals surface area contributed by atoms with Gasteiger partial charge < -0.3 is 14.8 Å². The Balaban J connectivity index is 1.48. The van der Waals surface area contributed by atoms with E-state index in [1.807, 2.05) is 76.7 Å². The smallest absolute Gasteiger partial charge is 0.247 e. The monoisotopic (exact) mass is 486 g/mol. The highest BCUT2D eigenvalue weighted by molar-refractivity contribution is 7.09. The zero-order valence-electron chi connectivity index (χ0n) is 19.7. The molecule has 35 heavy (non-hydrogen) atoms. The Hall–Kier alpha value is -3.45. The fraction of sp³-hybridized carbons (Fsp3) is 0.321. The molecule has 4 aromatic rings. The predicted molar refractivity (Wildman–Crippen MR) is 139 cm³/mol. The number of nitrogens with one attached hydrogen (secondary N) is 1. The largest absolute Gasteiger partial charge is 0.351 e. The minimum absolute atomic E-state index is 0.108. The molecule has 6 nitrogen and oxygen atoms in total. The van der Waals surface area contributed by atoms with Crippen molar-refractivity contribution in [3.8, 4) is 0 Å². The van der Waals surface area contributed by atoms with Crippen LogP contribution < -0.4 is 5.32 Å². The summed E-state index contributed by atoms with van der Waals surface area (Å²) >= 11 is 1.59. The molecule has 0 aliphatic heterocycles. The Morgan fingerprint density at radius 1 is 1.00 bits per heavy atom. The second-order valence-electron chi connectivity index (χ2n) is 9.12. The lowest BCUT2D eigenvalue weighted by atomic mass is 9.94. The summed E-state index contributed by atoms with van der Waals surface area (Å²) in [5, 5.41) is 5.27. The summed E-state index contributed by atoms with van der Waals surface area (Å²) in [6.07, 6.45) is 7.17. The average molecular weight is 487 g/mol. The van der Waals surface area contributed by atoms with E-state index < -0.39 is 6.04 Å². The quantitative estimate of drug-likeness (QED) is 0.367. The van der Waals surface area contributed by atoms with E-state index in [0.717, 1.165) is 47.2 Å². The van der Waals surface area contributed by atoms with Gasteiger partial charge >= 0.3 is 0 Å². The van der Waals surface area contributed by atoms with Crippen molar-refractivity contribution >= 4 is 34.2 Å². The third kappa shape index (κ3) is 5.46. The Labute approximate surface area is 209 Å². The molecular formula is C28H30N4O2S. The Morgan fingerprint density at radius 3 is 2.54 bits per heavy atom. The maximum atomic E-state index is 13.9. The molecule has 1 saturated carbocycles. The van der Waals surface area contributed by atoms with Gasteiger partial charge in [0, 0.05) is 10.9 Å². The van der Waals surface area contributed by atoms with Crippen molar-refractivity contribution in [2.24, 2.45) is 0 Å². The van der Waals surface area contributed by atoms with Crippen LogP contribution in [0.3, 0.4) is 0 Å². The molecule has 2 heterocycles. The van der Waals surface area contributed by atoms with Crippen LogP contribution in [0.5, 0.6) is 0 Å². The van der Waals surface area contributed by atoms with Crippen molar-refractivity contribution in [3.05, 3.63) is 88.9 Å². The van der Waals surface area contributed by atoms with Crippen LogP contribution in [0.2, 0.25) is 0 Å². The number of carbonyl (C=O) groups is 2. The summed E-state index contributed by atoms with van der Waals surface area (Å²) in [4.78, 5) is 34.9. The van der Waals surface area contributed by atoms with E-state index in [-0.39, 0.29) is 24.4 Å². The molecule has 180 valence electrons. The second kappa shape index (κ2) is 10.9. The molecular weight excluding hydrogens is 456 g/mol. The number of thiophene rings is 1. The highest BCUT2D eigenvalue weighted by Gasteiger charge is 2.33. The topological polar surface area (TPSA) is 67.2 Å². The molecule has 1 atom stereocenters. The maximum Gasteiger partial charge on any atom is 0.247 e. The molecule has 2 aromatic heterocycles.